The monoisotopic (exact) mass is 333 g/mol. The van der Waals surface area contributed by atoms with Crippen molar-refractivity contribution in [2.75, 3.05) is 6.54 Å². The number of halogens is 1. The fourth-order valence-electron chi connectivity index (χ4n) is 3.28. The Morgan fingerprint density at radius 1 is 1.09 bits per heavy atom. The second kappa shape index (κ2) is 6.06. The fraction of sp³-hybridized carbons (Fsp3) is 0.333. The van der Waals surface area contributed by atoms with Crippen molar-refractivity contribution in [1.29, 1.82) is 0 Å². The van der Waals surface area contributed by atoms with Gasteiger partial charge in [0.05, 0.1) is 10.9 Å². The lowest BCUT2D eigenvalue weighted by Gasteiger charge is -2.26. The van der Waals surface area contributed by atoms with Gasteiger partial charge in [0.15, 0.2) is 0 Å². The van der Waals surface area contributed by atoms with Crippen molar-refractivity contribution in [2.45, 2.75) is 37.6 Å². The SMILES string of the molecule is Cc1ccc(C2CCCN2S(=O)(=O)c2ccc(F)cc2)c(C)c1. The highest BCUT2D eigenvalue weighted by Crippen LogP contribution is 2.38. The van der Waals surface area contributed by atoms with Gasteiger partial charge in [-0.15, -0.1) is 0 Å². The van der Waals surface area contributed by atoms with Gasteiger partial charge >= 0.3 is 0 Å². The van der Waals surface area contributed by atoms with E-state index < -0.39 is 15.8 Å². The van der Waals surface area contributed by atoms with Crippen molar-refractivity contribution in [3.05, 3.63) is 65.0 Å². The van der Waals surface area contributed by atoms with Gasteiger partial charge in [-0.1, -0.05) is 23.8 Å². The number of rotatable bonds is 3. The molecule has 1 atom stereocenters. The Labute approximate surface area is 136 Å². The molecule has 0 radical (unpaired) electrons. The minimum absolute atomic E-state index is 0.148. The number of aryl methyl sites for hydroxylation is 2. The summed E-state index contributed by atoms with van der Waals surface area (Å²) >= 11 is 0. The molecule has 0 amide bonds. The van der Waals surface area contributed by atoms with Crippen LogP contribution in [0.2, 0.25) is 0 Å². The van der Waals surface area contributed by atoms with Crippen LogP contribution in [0.25, 0.3) is 0 Å². The summed E-state index contributed by atoms with van der Waals surface area (Å²) in [4.78, 5) is 0.149. The average Bonchev–Trinajstić information content (AvgIpc) is 2.97. The molecule has 0 N–H and O–H groups in total. The lowest BCUT2D eigenvalue weighted by atomic mass is 9.98. The molecular weight excluding hydrogens is 313 g/mol. The molecule has 0 bridgehead atoms. The summed E-state index contributed by atoms with van der Waals surface area (Å²) in [5, 5.41) is 0. The van der Waals surface area contributed by atoms with Crippen LogP contribution in [-0.2, 0) is 10.0 Å². The predicted octanol–water partition coefficient (Wildman–Crippen LogP) is 3.97. The molecule has 0 saturated carbocycles. The molecule has 0 spiro atoms. The largest absolute Gasteiger partial charge is 0.243 e. The van der Waals surface area contributed by atoms with Crippen LogP contribution in [0.3, 0.4) is 0 Å². The van der Waals surface area contributed by atoms with Crippen LogP contribution in [0.4, 0.5) is 4.39 Å². The fourth-order valence-corrected chi connectivity index (χ4v) is 4.95. The zero-order chi connectivity index (χ0) is 16.6. The van der Waals surface area contributed by atoms with Gasteiger partial charge in [-0.25, -0.2) is 12.8 Å². The molecule has 1 aliphatic heterocycles. The second-order valence-electron chi connectivity index (χ2n) is 6.09. The molecule has 0 aliphatic carbocycles. The van der Waals surface area contributed by atoms with Gasteiger partial charge in [-0.2, -0.15) is 4.31 Å². The van der Waals surface area contributed by atoms with Crippen LogP contribution in [0.15, 0.2) is 47.4 Å². The number of benzene rings is 2. The summed E-state index contributed by atoms with van der Waals surface area (Å²) in [5.74, 6) is -0.434. The van der Waals surface area contributed by atoms with E-state index >= 15 is 0 Å². The van der Waals surface area contributed by atoms with Crippen molar-refractivity contribution < 1.29 is 12.8 Å². The zero-order valence-corrected chi connectivity index (χ0v) is 14.1. The Morgan fingerprint density at radius 3 is 2.43 bits per heavy atom. The van der Waals surface area contributed by atoms with Gasteiger partial charge in [-0.3, -0.25) is 0 Å². The molecule has 3 nitrogen and oxygen atoms in total. The van der Waals surface area contributed by atoms with Crippen LogP contribution < -0.4 is 0 Å². The van der Waals surface area contributed by atoms with E-state index in [1.807, 2.05) is 26.0 Å². The van der Waals surface area contributed by atoms with Crippen LogP contribution in [0.5, 0.6) is 0 Å². The lowest BCUT2D eigenvalue weighted by molar-refractivity contribution is 0.395. The Morgan fingerprint density at radius 2 is 1.78 bits per heavy atom. The molecule has 1 heterocycles. The minimum atomic E-state index is -3.61. The highest BCUT2D eigenvalue weighted by Gasteiger charge is 2.36. The molecule has 1 fully saturated rings. The summed E-state index contributed by atoms with van der Waals surface area (Å²) in [6.45, 7) is 4.54. The summed E-state index contributed by atoms with van der Waals surface area (Å²) < 4.78 is 40.5. The first-order chi connectivity index (χ1) is 10.9. The van der Waals surface area contributed by atoms with Crippen LogP contribution in [0, 0.1) is 19.7 Å². The van der Waals surface area contributed by atoms with E-state index in [4.69, 9.17) is 0 Å². The topological polar surface area (TPSA) is 37.4 Å². The number of sulfonamides is 1. The molecule has 122 valence electrons. The third-order valence-corrected chi connectivity index (χ3v) is 6.33. The first kappa shape index (κ1) is 16.1. The van der Waals surface area contributed by atoms with Gasteiger partial charge in [-0.05, 0) is 62.1 Å². The van der Waals surface area contributed by atoms with Crippen LogP contribution >= 0.6 is 0 Å². The van der Waals surface area contributed by atoms with Gasteiger partial charge in [0.25, 0.3) is 0 Å². The quantitative estimate of drug-likeness (QED) is 0.852. The molecular formula is C18H20FNO2S. The first-order valence-corrected chi connectivity index (χ1v) is 9.18. The van der Waals surface area contributed by atoms with E-state index in [2.05, 4.69) is 6.07 Å². The molecule has 0 aromatic heterocycles. The first-order valence-electron chi connectivity index (χ1n) is 7.74. The molecule has 2 aromatic carbocycles. The Bertz CT molecular complexity index is 815. The zero-order valence-electron chi connectivity index (χ0n) is 13.3. The van der Waals surface area contributed by atoms with Crippen LogP contribution in [0.1, 0.15) is 35.6 Å². The standard InChI is InChI=1S/C18H20FNO2S/c1-13-5-10-17(14(2)12-13)18-4-3-11-20(18)23(21,22)16-8-6-15(19)7-9-16/h5-10,12,18H,3-4,11H2,1-2H3. The Balaban J connectivity index is 1.99. The van der Waals surface area contributed by atoms with E-state index in [1.54, 1.807) is 4.31 Å². The normalized spacial score (nSPS) is 19.2. The Kier molecular flexibility index (Phi) is 4.25. The maximum absolute atomic E-state index is 13.1. The summed E-state index contributed by atoms with van der Waals surface area (Å²) in [7, 11) is -3.61. The van der Waals surface area contributed by atoms with Gasteiger partial charge in [0.2, 0.25) is 10.0 Å². The van der Waals surface area contributed by atoms with E-state index in [-0.39, 0.29) is 10.9 Å². The van der Waals surface area contributed by atoms with Crippen LogP contribution in [-0.4, -0.2) is 19.3 Å². The molecule has 23 heavy (non-hydrogen) atoms. The molecule has 1 saturated heterocycles. The predicted molar refractivity (Wildman–Crippen MR) is 88.2 cm³/mol. The van der Waals surface area contributed by atoms with Crippen molar-refractivity contribution >= 4 is 10.0 Å². The molecule has 1 aliphatic rings. The number of nitrogens with zero attached hydrogens (tertiary/aromatic N) is 1. The van der Waals surface area contributed by atoms with Crippen molar-refractivity contribution in [2.24, 2.45) is 0 Å². The summed E-state index contributed by atoms with van der Waals surface area (Å²) in [6, 6.07) is 11.0. The summed E-state index contributed by atoms with van der Waals surface area (Å²) in [5.41, 5.74) is 3.33. The van der Waals surface area contributed by atoms with E-state index in [0.29, 0.717) is 6.54 Å². The molecule has 1 unspecified atom stereocenters. The smallest absolute Gasteiger partial charge is 0.207 e. The number of hydrogen-bond acceptors (Lipinski definition) is 2. The number of hydrogen-bond donors (Lipinski definition) is 0. The maximum Gasteiger partial charge on any atom is 0.243 e. The lowest BCUT2D eigenvalue weighted by Crippen LogP contribution is -2.31. The summed E-state index contributed by atoms with van der Waals surface area (Å²) in [6.07, 6.45) is 1.64. The van der Waals surface area contributed by atoms with Crippen molar-refractivity contribution in [1.82, 2.24) is 4.31 Å². The molecule has 3 rings (SSSR count). The second-order valence-corrected chi connectivity index (χ2v) is 7.98. The highest BCUT2D eigenvalue weighted by atomic mass is 32.2. The van der Waals surface area contributed by atoms with Crippen molar-refractivity contribution in [3.63, 3.8) is 0 Å². The minimum Gasteiger partial charge on any atom is -0.207 e. The van der Waals surface area contributed by atoms with Gasteiger partial charge in [0, 0.05) is 6.54 Å². The van der Waals surface area contributed by atoms with Gasteiger partial charge < -0.3 is 0 Å². The van der Waals surface area contributed by atoms with Gasteiger partial charge in [0.1, 0.15) is 5.82 Å². The van der Waals surface area contributed by atoms with E-state index in [0.717, 1.165) is 29.5 Å². The molecule has 5 heteroatoms. The third kappa shape index (κ3) is 3.03. The Hall–Kier alpha value is -1.72. The van der Waals surface area contributed by atoms with E-state index in [1.165, 1.54) is 24.3 Å². The van der Waals surface area contributed by atoms with Crippen molar-refractivity contribution in [3.8, 4) is 0 Å². The average molecular weight is 333 g/mol. The van der Waals surface area contributed by atoms with E-state index in [9.17, 15) is 12.8 Å². The third-order valence-electron chi connectivity index (χ3n) is 4.41. The molecule has 2 aromatic rings. The highest BCUT2D eigenvalue weighted by molar-refractivity contribution is 7.89. The maximum atomic E-state index is 13.1.